The summed E-state index contributed by atoms with van der Waals surface area (Å²) in [7, 11) is 0. The van der Waals surface area contributed by atoms with Crippen LogP contribution >= 0.6 is 34.8 Å². The van der Waals surface area contributed by atoms with Gasteiger partial charge < -0.3 is 14.8 Å². The Bertz CT molecular complexity index is 981. The first-order valence-corrected chi connectivity index (χ1v) is 9.21. The first-order chi connectivity index (χ1) is 13.6. The number of carbonyl (C=O) groups is 2. The quantitative estimate of drug-likeness (QED) is 0.276. The first-order valence-electron chi connectivity index (χ1n) is 8.07. The number of hydrogen-bond donors (Lipinski definition) is 1. The van der Waals surface area contributed by atoms with E-state index in [2.05, 4.69) is 5.32 Å². The number of rotatable bonds is 7. The zero-order valence-electron chi connectivity index (χ0n) is 15.3. The molecule has 0 bridgehead atoms. The third kappa shape index (κ3) is 5.96. The van der Waals surface area contributed by atoms with E-state index < -0.39 is 30.0 Å². The Morgan fingerprint density at radius 3 is 2.38 bits per heavy atom. The summed E-state index contributed by atoms with van der Waals surface area (Å²) in [4.78, 5) is 34.4. The number of amides is 1. The highest BCUT2D eigenvalue weighted by atomic mass is 35.5. The molecule has 0 radical (unpaired) electrons. The van der Waals surface area contributed by atoms with E-state index in [0.717, 1.165) is 5.56 Å². The molecule has 2 aromatic rings. The van der Waals surface area contributed by atoms with E-state index in [0.29, 0.717) is 5.56 Å². The number of nitrogens with zero attached hydrogens (tertiary/aromatic N) is 1. The van der Waals surface area contributed by atoms with Crippen LogP contribution in [0.3, 0.4) is 0 Å². The van der Waals surface area contributed by atoms with Crippen LogP contribution < -0.4 is 10.1 Å². The summed E-state index contributed by atoms with van der Waals surface area (Å²) in [5, 5.41) is 14.1. The zero-order chi connectivity index (χ0) is 21.7. The highest BCUT2D eigenvalue weighted by Crippen LogP contribution is 2.34. The summed E-state index contributed by atoms with van der Waals surface area (Å²) < 4.78 is 10.0. The van der Waals surface area contributed by atoms with Gasteiger partial charge in [0.15, 0.2) is 13.2 Å². The Morgan fingerprint density at radius 1 is 1.07 bits per heavy atom. The van der Waals surface area contributed by atoms with Crippen LogP contribution in [0.4, 0.5) is 11.4 Å². The average molecular weight is 462 g/mol. The number of anilines is 1. The summed E-state index contributed by atoms with van der Waals surface area (Å²) in [6, 6.07) is 5.57. The number of esters is 1. The van der Waals surface area contributed by atoms with Crippen LogP contribution in [0.5, 0.6) is 5.75 Å². The maximum atomic E-state index is 12.1. The lowest BCUT2D eigenvalue weighted by Gasteiger charge is -2.12. The van der Waals surface area contributed by atoms with Gasteiger partial charge in [0.2, 0.25) is 0 Å². The third-order valence-electron chi connectivity index (χ3n) is 3.86. The second kappa shape index (κ2) is 9.78. The van der Waals surface area contributed by atoms with E-state index in [-0.39, 0.29) is 32.2 Å². The van der Waals surface area contributed by atoms with Crippen molar-refractivity contribution < 1.29 is 24.0 Å². The van der Waals surface area contributed by atoms with Crippen LogP contribution in [0.2, 0.25) is 15.1 Å². The van der Waals surface area contributed by atoms with Gasteiger partial charge in [-0.2, -0.15) is 0 Å². The summed E-state index contributed by atoms with van der Waals surface area (Å²) in [6.07, 6.45) is 0. The first kappa shape index (κ1) is 22.7. The second-order valence-corrected chi connectivity index (χ2v) is 7.07. The highest BCUT2D eigenvalue weighted by Gasteiger charge is 2.20. The predicted octanol–water partition coefficient (Wildman–Crippen LogP) is 4.73. The van der Waals surface area contributed by atoms with Crippen molar-refractivity contribution in [2.75, 3.05) is 18.5 Å². The van der Waals surface area contributed by atoms with E-state index in [1.54, 1.807) is 19.9 Å². The Hall–Kier alpha value is -2.55. The lowest BCUT2D eigenvalue weighted by Crippen LogP contribution is -2.24. The summed E-state index contributed by atoms with van der Waals surface area (Å²) in [5.41, 5.74) is 1.09. The largest absolute Gasteiger partial charge is 0.480 e. The van der Waals surface area contributed by atoms with Crippen LogP contribution in [0, 0.1) is 24.0 Å². The SMILES string of the molecule is Cc1ccc([N+](=O)[O-])c(NC(=O)COC(=O)COc2cc(Cl)c(Cl)cc2Cl)c1C. The zero-order valence-corrected chi connectivity index (χ0v) is 17.5. The molecule has 8 nitrogen and oxygen atoms in total. The molecule has 0 spiro atoms. The number of nitrogens with one attached hydrogen (secondary N) is 1. The van der Waals surface area contributed by atoms with Gasteiger partial charge >= 0.3 is 5.97 Å². The van der Waals surface area contributed by atoms with Crippen molar-refractivity contribution in [1.82, 2.24) is 0 Å². The number of hydrogen-bond acceptors (Lipinski definition) is 6. The number of benzene rings is 2. The standard InChI is InChI=1S/C18H15Cl3N2O6/c1-9-3-4-14(23(26)27)18(10(9)2)22-16(24)7-29-17(25)8-28-15-6-12(20)11(19)5-13(15)21/h3-6H,7-8H2,1-2H3,(H,22,24). The summed E-state index contributed by atoms with van der Waals surface area (Å²) in [6.45, 7) is 2.20. The minimum atomic E-state index is -0.849. The fraction of sp³-hybridized carbons (Fsp3) is 0.222. The van der Waals surface area contributed by atoms with Crippen molar-refractivity contribution in [2.24, 2.45) is 0 Å². The number of carbonyl (C=O) groups excluding carboxylic acids is 2. The minimum Gasteiger partial charge on any atom is -0.480 e. The fourth-order valence-electron chi connectivity index (χ4n) is 2.23. The van der Waals surface area contributed by atoms with Crippen LogP contribution in [-0.4, -0.2) is 30.0 Å². The molecular weight excluding hydrogens is 447 g/mol. The molecule has 2 aromatic carbocycles. The fourth-order valence-corrected chi connectivity index (χ4v) is 2.82. The van der Waals surface area contributed by atoms with E-state index in [4.69, 9.17) is 44.3 Å². The summed E-state index contributed by atoms with van der Waals surface area (Å²) >= 11 is 17.6. The molecule has 0 aliphatic heterocycles. The van der Waals surface area contributed by atoms with Crippen molar-refractivity contribution in [3.63, 3.8) is 0 Å². The Labute approximate surface area is 180 Å². The number of nitro groups is 1. The molecule has 2 rings (SSSR count). The molecule has 0 aliphatic carbocycles. The van der Waals surface area contributed by atoms with E-state index in [1.165, 1.54) is 18.2 Å². The topological polar surface area (TPSA) is 108 Å². The lowest BCUT2D eigenvalue weighted by atomic mass is 10.1. The molecule has 0 fully saturated rings. The van der Waals surface area contributed by atoms with Crippen molar-refractivity contribution in [1.29, 1.82) is 0 Å². The smallest absolute Gasteiger partial charge is 0.344 e. The van der Waals surface area contributed by atoms with Crippen LogP contribution in [0.1, 0.15) is 11.1 Å². The van der Waals surface area contributed by atoms with Gasteiger partial charge in [0.25, 0.3) is 11.6 Å². The van der Waals surface area contributed by atoms with E-state index >= 15 is 0 Å². The van der Waals surface area contributed by atoms with Gasteiger partial charge in [-0.25, -0.2) is 4.79 Å². The third-order valence-corrected chi connectivity index (χ3v) is 4.88. The van der Waals surface area contributed by atoms with Crippen LogP contribution in [0.25, 0.3) is 0 Å². The van der Waals surface area contributed by atoms with Crippen LogP contribution in [0.15, 0.2) is 24.3 Å². The molecule has 0 unspecified atom stereocenters. The molecule has 1 amide bonds. The number of nitro benzene ring substituents is 1. The van der Waals surface area contributed by atoms with Crippen molar-refractivity contribution in [2.45, 2.75) is 13.8 Å². The molecule has 154 valence electrons. The molecule has 1 N–H and O–H groups in total. The van der Waals surface area contributed by atoms with E-state index in [1.807, 2.05) is 0 Å². The minimum absolute atomic E-state index is 0.0508. The van der Waals surface area contributed by atoms with Gasteiger partial charge in [-0.1, -0.05) is 40.9 Å². The monoisotopic (exact) mass is 460 g/mol. The van der Waals surface area contributed by atoms with Crippen molar-refractivity contribution in [3.05, 3.63) is 60.6 Å². The number of halogens is 3. The van der Waals surface area contributed by atoms with Gasteiger partial charge in [-0.05, 0) is 31.0 Å². The molecule has 0 heterocycles. The molecule has 0 atom stereocenters. The number of ether oxygens (including phenoxy) is 2. The van der Waals surface area contributed by atoms with Crippen molar-refractivity contribution in [3.8, 4) is 5.75 Å². The molecule has 29 heavy (non-hydrogen) atoms. The Balaban J connectivity index is 1.93. The van der Waals surface area contributed by atoms with Crippen molar-refractivity contribution >= 4 is 58.1 Å². The van der Waals surface area contributed by atoms with Gasteiger partial charge in [-0.15, -0.1) is 0 Å². The maximum Gasteiger partial charge on any atom is 0.344 e. The summed E-state index contributed by atoms with van der Waals surface area (Å²) in [5.74, 6) is -1.46. The highest BCUT2D eigenvalue weighted by molar-refractivity contribution is 6.43. The maximum absolute atomic E-state index is 12.1. The molecule has 0 saturated carbocycles. The van der Waals surface area contributed by atoms with Gasteiger partial charge in [0, 0.05) is 12.1 Å². The van der Waals surface area contributed by atoms with Gasteiger partial charge in [-0.3, -0.25) is 14.9 Å². The predicted molar refractivity (Wildman–Crippen MR) is 109 cm³/mol. The molecule has 11 heteroatoms. The average Bonchev–Trinajstić information content (AvgIpc) is 2.65. The molecular formula is C18H15Cl3N2O6. The second-order valence-electron chi connectivity index (χ2n) is 5.85. The molecule has 0 aliphatic rings. The normalized spacial score (nSPS) is 10.4. The van der Waals surface area contributed by atoms with Gasteiger partial charge in [0.1, 0.15) is 11.4 Å². The van der Waals surface area contributed by atoms with Gasteiger partial charge in [0.05, 0.1) is 20.0 Å². The molecule has 0 aromatic heterocycles. The van der Waals surface area contributed by atoms with Crippen LogP contribution in [-0.2, 0) is 14.3 Å². The Morgan fingerprint density at radius 2 is 1.72 bits per heavy atom. The Kier molecular flexibility index (Phi) is 7.66. The number of aryl methyl sites for hydroxylation is 1. The lowest BCUT2D eigenvalue weighted by molar-refractivity contribution is -0.384. The van der Waals surface area contributed by atoms with E-state index in [9.17, 15) is 19.7 Å². The molecule has 0 saturated heterocycles.